The average Bonchev–Trinajstić information content (AvgIpc) is 2.43. The molecule has 1 aliphatic heterocycles. The minimum Gasteiger partial charge on any atom is -0.493 e. The Labute approximate surface area is 129 Å². The zero-order valence-corrected chi connectivity index (χ0v) is 12.2. The molecule has 2 rings (SSSR count). The van der Waals surface area contributed by atoms with Crippen LogP contribution in [0, 0.1) is 0 Å². The number of halogens is 5. The zero-order valence-electron chi connectivity index (χ0n) is 12.2. The van der Waals surface area contributed by atoms with E-state index in [9.17, 15) is 22.0 Å². The van der Waals surface area contributed by atoms with E-state index in [0.717, 1.165) is 6.92 Å². The maximum absolute atomic E-state index is 14.2. The van der Waals surface area contributed by atoms with Crippen molar-refractivity contribution in [2.75, 3.05) is 13.2 Å². The minimum atomic E-state index is -4.35. The fourth-order valence-electron chi connectivity index (χ4n) is 2.08. The predicted octanol–water partition coefficient (Wildman–Crippen LogP) is 3.21. The first-order valence-electron chi connectivity index (χ1n) is 6.70. The lowest BCUT2D eigenvalue weighted by atomic mass is 9.88. The van der Waals surface area contributed by atoms with Crippen LogP contribution in [0.3, 0.4) is 0 Å². The van der Waals surface area contributed by atoms with E-state index >= 15 is 0 Å². The lowest BCUT2D eigenvalue weighted by molar-refractivity contribution is -0.172. The minimum absolute atomic E-state index is 0.0323. The highest BCUT2D eigenvalue weighted by atomic mass is 19.4. The first-order chi connectivity index (χ1) is 10.5. The van der Waals surface area contributed by atoms with Crippen molar-refractivity contribution in [2.45, 2.75) is 31.0 Å². The molecule has 4 nitrogen and oxygen atoms in total. The standard InChI is InChI=1S/C14H15F5N2O2/c1-12(13(15,16)8-21-11(20)23-12)9-3-2-4-10(7-9)22-6-5-14(17,18)19/h2-4,7H,5-6,8H2,1H3,(H2,20,21)/t12-/m1/s1. The third kappa shape index (κ3) is 3.83. The van der Waals surface area contributed by atoms with Crippen molar-refractivity contribution in [3.05, 3.63) is 29.8 Å². The molecule has 0 saturated carbocycles. The normalized spacial score (nSPS) is 23.8. The zero-order chi connectivity index (χ0) is 17.3. The van der Waals surface area contributed by atoms with Crippen molar-refractivity contribution in [3.8, 4) is 5.75 Å². The summed E-state index contributed by atoms with van der Waals surface area (Å²) >= 11 is 0. The fourth-order valence-corrected chi connectivity index (χ4v) is 2.08. The van der Waals surface area contributed by atoms with Crippen molar-refractivity contribution >= 4 is 6.02 Å². The number of aliphatic imine (C=N–C) groups is 1. The summed E-state index contributed by atoms with van der Waals surface area (Å²) in [5, 5.41) is 0. The first kappa shape index (κ1) is 17.3. The Morgan fingerprint density at radius 3 is 2.70 bits per heavy atom. The second-order valence-electron chi connectivity index (χ2n) is 5.24. The van der Waals surface area contributed by atoms with Crippen molar-refractivity contribution < 1.29 is 31.4 Å². The molecule has 23 heavy (non-hydrogen) atoms. The molecular formula is C14H15F5N2O2. The molecule has 0 unspecified atom stereocenters. The third-order valence-corrected chi connectivity index (χ3v) is 3.48. The van der Waals surface area contributed by atoms with Gasteiger partial charge in [-0.3, -0.25) is 0 Å². The summed E-state index contributed by atoms with van der Waals surface area (Å²) in [5.74, 6) is -3.30. The van der Waals surface area contributed by atoms with Gasteiger partial charge < -0.3 is 15.2 Å². The maximum atomic E-state index is 14.2. The summed E-state index contributed by atoms with van der Waals surface area (Å²) in [6, 6.07) is 4.97. The highest BCUT2D eigenvalue weighted by molar-refractivity contribution is 5.73. The highest BCUT2D eigenvalue weighted by Gasteiger charge is 2.56. The van der Waals surface area contributed by atoms with Crippen LogP contribution in [0.1, 0.15) is 18.9 Å². The Balaban J connectivity index is 2.20. The van der Waals surface area contributed by atoms with Crippen LogP contribution in [-0.4, -0.2) is 31.3 Å². The number of benzene rings is 1. The Bertz CT molecular complexity index is 603. The van der Waals surface area contributed by atoms with E-state index in [0.29, 0.717) is 0 Å². The monoisotopic (exact) mass is 338 g/mol. The highest BCUT2D eigenvalue weighted by Crippen LogP contribution is 2.43. The van der Waals surface area contributed by atoms with Gasteiger partial charge in [0.05, 0.1) is 13.0 Å². The number of nitrogens with two attached hydrogens (primary N) is 1. The van der Waals surface area contributed by atoms with Crippen LogP contribution in [0.5, 0.6) is 5.75 Å². The van der Waals surface area contributed by atoms with Gasteiger partial charge in [-0.2, -0.15) is 22.0 Å². The Hall–Kier alpha value is -2.06. The Morgan fingerprint density at radius 2 is 2.04 bits per heavy atom. The molecule has 1 atom stereocenters. The smallest absolute Gasteiger partial charge is 0.392 e. The van der Waals surface area contributed by atoms with E-state index in [1.807, 2.05) is 0 Å². The maximum Gasteiger partial charge on any atom is 0.392 e. The van der Waals surface area contributed by atoms with Crippen molar-refractivity contribution in [3.63, 3.8) is 0 Å². The molecule has 1 heterocycles. The number of ether oxygens (including phenoxy) is 2. The van der Waals surface area contributed by atoms with Crippen LogP contribution in [0.15, 0.2) is 29.3 Å². The van der Waals surface area contributed by atoms with Gasteiger partial charge in [-0.15, -0.1) is 0 Å². The van der Waals surface area contributed by atoms with Crippen LogP contribution >= 0.6 is 0 Å². The third-order valence-electron chi connectivity index (χ3n) is 3.48. The quantitative estimate of drug-likeness (QED) is 0.858. The van der Waals surface area contributed by atoms with Gasteiger partial charge in [0.15, 0.2) is 5.60 Å². The fraction of sp³-hybridized carbons (Fsp3) is 0.500. The largest absolute Gasteiger partial charge is 0.493 e. The van der Waals surface area contributed by atoms with E-state index in [-0.39, 0.29) is 17.3 Å². The number of hydrogen-bond acceptors (Lipinski definition) is 4. The molecule has 2 N–H and O–H groups in total. The van der Waals surface area contributed by atoms with Crippen molar-refractivity contribution in [2.24, 2.45) is 10.7 Å². The van der Waals surface area contributed by atoms with Crippen LogP contribution in [-0.2, 0) is 10.3 Å². The van der Waals surface area contributed by atoms with Crippen LogP contribution in [0.4, 0.5) is 22.0 Å². The summed E-state index contributed by atoms with van der Waals surface area (Å²) < 4.78 is 74.7. The Kier molecular flexibility index (Phi) is 4.41. The summed E-state index contributed by atoms with van der Waals surface area (Å²) in [6.45, 7) is -0.303. The lowest BCUT2D eigenvalue weighted by Crippen LogP contribution is -2.53. The number of alkyl halides is 5. The molecule has 0 spiro atoms. The molecule has 128 valence electrons. The summed E-state index contributed by atoms with van der Waals surface area (Å²) in [7, 11) is 0. The lowest BCUT2D eigenvalue weighted by Gasteiger charge is -2.39. The molecule has 1 aliphatic rings. The van der Waals surface area contributed by atoms with E-state index in [1.165, 1.54) is 24.3 Å². The molecule has 1 aromatic carbocycles. The van der Waals surface area contributed by atoms with Gasteiger partial charge in [-0.1, -0.05) is 12.1 Å². The number of nitrogens with zero attached hydrogens (tertiary/aromatic N) is 1. The van der Waals surface area contributed by atoms with Gasteiger partial charge in [0.25, 0.3) is 6.02 Å². The first-order valence-corrected chi connectivity index (χ1v) is 6.70. The van der Waals surface area contributed by atoms with Gasteiger partial charge in [0, 0.05) is 5.56 Å². The summed E-state index contributed by atoms with van der Waals surface area (Å²) in [5.41, 5.74) is 3.32. The molecule has 0 radical (unpaired) electrons. The molecule has 0 amide bonds. The molecular weight excluding hydrogens is 323 g/mol. The van der Waals surface area contributed by atoms with E-state index in [4.69, 9.17) is 15.2 Å². The topological polar surface area (TPSA) is 56.8 Å². The number of rotatable bonds is 4. The summed E-state index contributed by atoms with van der Waals surface area (Å²) in [4.78, 5) is 3.37. The molecule has 0 fully saturated rings. The van der Waals surface area contributed by atoms with Crippen molar-refractivity contribution in [1.29, 1.82) is 0 Å². The summed E-state index contributed by atoms with van der Waals surface area (Å²) in [6.07, 6.45) is -5.49. The number of amidine groups is 1. The predicted molar refractivity (Wildman–Crippen MR) is 72.5 cm³/mol. The van der Waals surface area contributed by atoms with E-state index in [2.05, 4.69) is 4.99 Å². The van der Waals surface area contributed by atoms with Gasteiger partial charge in [0.2, 0.25) is 0 Å². The second-order valence-corrected chi connectivity index (χ2v) is 5.24. The average molecular weight is 338 g/mol. The SMILES string of the molecule is C[C@]1(c2cccc(OCCC(F)(F)F)c2)OC(N)=NCC1(F)F. The molecule has 0 bridgehead atoms. The molecule has 0 aromatic heterocycles. The van der Waals surface area contributed by atoms with E-state index < -0.39 is 37.3 Å². The molecule has 1 aromatic rings. The second kappa shape index (κ2) is 5.86. The molecule has 9 heteroatoms. The van der Waals surface area contributed by atoms with Gasteiger partial charge in [-0.25, -0.2) is 4.99 Å². The van der Waals surface area contributed by atoms with Gasteiger partial charge >= 0.3 is 12.1 Å². The van der Waals surface area contributed by atoms with Crippen LogP contribution in [0.25, 0.3) is 0 Å². The van der Waals surface area contributed by atoms with Crippen molar-refractivity contribution in [1.82, 2.24) is 0 Å². The van der Waals surface area contributed by atoms with E-state index in [1.54, 1.807) is 0 Å². The molecule has 0 aliphatic carbocycles. The van der Waals surface area contributed by atoms with Crippen LogP contribution in [0.2, 0.25) is 0 Å². The van der Waals surface area contributed by atoms with Gasteiger partial charge in [0.1, 0.15) is 12.3 Å². The Morgan fingerprint density at radius 1 is 1.35 bits per heavy atom. The van der Waals surface area contributed by atoms with Gasteiger partial charge in [-0.05, 0) is 19.1 Å². The van der Waals surface area contributed by atoms with Crippen LogP contribution < -0.4 is 10.5 Å². The number of hydrogen-bond donors (Lipinski definition) is 1. The molecule has 0 saturated heterocycles.